The van der Waals surface area contributed by atoms with Crippen molar-refractivity contribution in [3.8, 4) is 11.5 Å². The predicted molar refractivity (Wildman–Crippen MR) is 76.0 cm³/mol. The van der Waals surface area contributed by atoms with Crippen LogP contribution < -0.4 is 10.1 Å². The molecule has 1 aromatic heterocycles. The van der Waals surface area contributed by atoms with Gasteiger partial charge in [-0.15, -0.1) is 0 Å². The average Bonchev–Trinajstić information content (AvgIpc) is 2.39. The van der Waals surface area contributed by atoms with E-state index < -0.39 is 0 Å². The maximum absolute atomic E-state index is 9.98. The van der Waals surface area contributed by atoms with Crippen molar-refractivity contribution in [2.45, 2.75) is 13.5 Å². The molecule has 0 unspecified atom stereocenters. The van der Waals surface area contributed by atoms with Gasteiger partial charge in [0.25, 0.3) is 0 Å². The summed E-state index contributed by atoms with van der Waals surface area (Å²) in [5.74, 6) is 0.613. The molecule has 2 aromatic rings. The molecule has 0 fully saturated rings. The molecule has 0 saturated heterocycles. The number of ether oxygens (including phenoxy) is 1. The normalized spacial score (nSPS) is 10.3. The highest BCUT2D eigenvalue weighted by Gasteiger charge is 2.07. The number of anilines is 1. The second kappa shape index (κ2) is 5.80. The van der Waals surface area contributed by atoms with E-state index >= 15 is 0 Å². The van der Waals surface area contributed by atoms with Crippen molar-refractivity contribution in [2.24, 2.45) is 0 Å². The quantitative estimate of drug-likeness (QED) is 0.842. The summed E-state index contributed by atoms with van der Waals surface area (Å²) >= 11 is 5.80. The lowest BCUT2D eigenvalue weighted by atomic mass is 10.2. The summed E-state index contributed by atoms with van der Waals surface area (Å²) in [4.78, 5) is 4.16. The van der Waals surface area contributed by atoms with Crippen molar-refractivity contribution in [1.82, 2.24) is 4.98 Å². The number of aromatic nitrogens is 1. The zero-order valence-electron chi connectivity index (χ0n) is 10.8. The lowest BCUT2D eigenvalue weighted by Crippen LogP contribution is -2.02. The van der Waals surface area contributed by atoms with Gasteiger partial charge in [-0.1, -0.05) is 23.7 Å². The van der Waals surface area contributed by atoms with E-state index in [2.05, 4.69) is 10.3 Å². The van der Waals surface area contributed by atoms with Gasteiger partial charge in [0.2, 0.25) is 0 Å². The number of aromatic hydroxyl groups is 1. The number of phenols is 1. The highest BCUT2D eigenvalue weighted by molar-refractivity contribution is 6.29. The fraction of sp³-hybridized carbons (Fsp3) is 0.214. The Morgan fingerprint density at radius 2 is 2.11 bits per heavy atom. The molecule has 0 aliphatic rings. The minimum atomic E-state index is 0.150. The van der Waals surface area contributed by atoms with E-state index in [0.717, 1.165) is 16.9 Å². The zero-order chi connectivity index (χ0) is 13.8. The molecule has 2 N–H and O–H groups in total. The van der Waals surface area contributed by atoms with E-state index in [9.17, 15) is 5.11 Å². The zero-order valence-corrected chi connectivity index (χ0v) is 11.5. The van der Waals surface area contributed by atoms with Gasteiger partial charge < -0.3 is 15.2 Å². The van der Waals surface area contributed by atoms with Crippen LogP contribution >= 0.6 is 11.6 Å². The highest BCUT2D eigenvalue weighted by Crippen LogP contribution is 2.30. The number of para-hydroxylation sites is 1. The van der Waals surface area contributed by atoms with Crippen molar-refractivity contribution >= 4 is 17.3 Å². The minimum Gasteiger partial charge on any atom is -0.504 e. The molecule has 5 heteroatoms. The number of methoxy groups -OCH3 is 1. The van der Waals surface area contributed by atoms with E-state index in [0.29, 0.717) is 17.4 Å². The Morgan fingerprint density at radius 1 is 1.32 bits per heavy atom. The molecule has 0 aliphatic carbocycles. The highest BCUT2D eigenvalue weighted by atomic mass is 35.5. The van der Waals surface area contributed by atoms with Crippen molar-refractivity contribution in [3.63, 3.8) is 0 Å². The van der Waals surface area contributed by atoms with Crippen molar-refractivity contribution in [1.29, 1.82) is 0 Å². The Hall–Kier alpha value is -1.94. The second-order valence-corrected chi connectivity index (χ2v) is 4.48. The van der Waals surface area contributed by atoms with E-state index in [-0.39, 0.29) is 5.75 Å². The first-order valence-electron chi connectivity index (χ1n) is 5.83. The van der Waals surface area contributed by atoms with Crippen molar-refractivity contribution in [3.05, 3.63) is 46.7 Å². The first-order chi connectivity index (χ1) is 9.11. The van der Waals surface area contributed by atoms with Crippen LogP contribution in [0.2, 0.25) is 5.15 Å². The van der Waals surface area contributed by atoms with Crippen molar-refractivity contribution in [2.75, 3.05) is 12.4 Å². The number of hydrogen-bond acceptors (Lipinski definition) is 4. The molecule has 19 heavy (non-hydrogen) atoms. The maximum Gasteiger partial charge on any atom is 0.162 e. The van der Waals surface area contributed by atoms with Gasteiger partial charge in [0.05, 0.1) is 18.5 Å². The molecular weight excluding hydrogens is 264 g/mol. The Balaban J connectivity index is 2.14. The summed E-state index contributed by atoms with van der Waals surface area (Å²) in [7, 11) is 1.53. The molecule has 0 amide bonds. The molecule has 0 spiro atoms. The van der Waals surface area contributed by atoms with Crippen LogP contribution in [-0.2, 0) is 6.54 Å². The molecule has 0 aliphatic heterocycles. The molecule has 0 bridgehead atoms. The summed E-state index contributed by atoms with van der Waals surface area (Å²) in [6.07, 6.45) is 0. The third-order valence-corrected chi connectivity index (χ3v) is 3.03. The topological polar surface area (TPSA) is 54.4 Å². The number of halogens is 1. The Bertz CT molecular complexity index is 588. The SMILES string of the molecule is COc1cccc(CNc2ccc(Cl)nc2C)c1O. The van der Waals surface area contributed by atoms with Crippen LogP contribution in [0.5, 0.6) is 11.5 Å². The molecule has 2 rings (SSSR count). The van der Waals surface area contributed by atoms with Crippen LogP contribution in [0.1, 0.15) is 11.3 Å². The average molecular weight is 279 g/mol. The van der Waals surface area contributed by atoms with E-state index in [1.807, 2.05) is 25.1 Å². The summed E-state index contributed by atoms with van der Waals surface area (Å²) in [5.41, 5.74) is 2.45. The van der Waals surface area contributed by atoms with Crippen LogP contribution in [-0.4, -0.2) is 17.2 Å². The van der Waals surface area contributed by atoms with Gasteiger partial charge in [0, 0.05) is 12.1 Å². The largest absolute Gasteiger partial charge is 0.504 e. The molecule has 1 aromatic carbocycles. The predicted octanol–water partition coefficient (Wildman–Crippen LogP) is 3.37. The number of pyridine rings is 1. The number of phenolic OH excluding ortho intramolecular Hbond substituents is 1. The third-order valence-electron chi connectivity index (χ3n) is 2.82. The van der Waals surface area contributed by atoms with Crippen LogP contribution in [0.25, 0.3) is 0 Å². The van der Waals surface area contributed by atoms with Gasteiger partial charge in [-0.25, -0.2) is 4.98 Å². The molecule has 100 valence electrons. The minimum absolute atomic E-state index is 0.150. The number of nitrogens with zero attached hydrogens (tertiary/aromatic N) is 1. The Morgan fingerprint density at radius 3 is 2.79 bits per heavy atom. The number of hydrogen-bond donors (Lipinski definition) is 2. The van der Waals surface area contributed by atoms with Gasteiger partial charge in [-0.2, -0.15) is 0 Å². The number of nitrogens with one attached hydrogen (secondary N) is 1. The monoisotopic (exact) mass is 278 g/mol. The summed E-state index contributed by atoms with van der Waals surface area (Å²) < 4.78 is 5.07. The van der Waals surface area contributed by atoms with E-state index in [1.165, 1.54) is 7.11 Å². The fourth-order valence-corrected chi connectivity index (χ4v) is 1.97. The standard InChI is InChI=1S/C14H15ClN2O2/c1-9-11(6-7-13(15)17-9)16-8-10-4-3-5-12(19-2)14(10)18/h3-7,16,18H,8H2,1-2H3. The number of aryl methyl sites for hydroxylation is 1. The first-order valence-corrected chi connectivity index (χ1v) is 6.21. The van der Waals surface area contributed by atoms with Gasteiger partial charge >= 0.3 is 0 Å². The summed E-state index contributed by atoms with van der Waals surface area (Å²) in [5, 5.41) is 13.7. The fourth-order valence-electron chi connectivity index (χ4n) is 1.78. The van der Waals surface area contributed by atoms with Gasteiger partial charge in [-0.3, -0.25) is 0 Å². The summed E-state index contributed by atoms with van der Waals surface area (Å²) in [6, 6.07) is 8.98. The van der Waals surface area contributed by atoms with Crippen LogP contribution in [0.4, 0.5) is 5.69 Å². The Kier molecular flexibility index (Phi) is 4.12. The van der Waals surface area contributed by atoms with Gasteiger partial charge in [-0.05, 0) is 25.1 Å². The van der Waals surface area contributed by atoms with E-state index in [1.54, 1.807) is 12.1 Å². The van der Waals surface area contributed by atoms with Gasteiger partial charge in [0.1, 0.15) is 5.15 Å². The van der Waals surface area contributed by atoms with Gasteiger partial charge in [0.15, 0.2) is 11.5 Å². The molecule has 0 radical (unpaired) electrons. The lowest BCUT2D eigenvalue weighted by molar-refractivity contribution is 0.371. The molecular formula is C14H15ClN2O2. The third kappa shape index (κ3) is 3.09. The Labute approximate surface area is 117 Å². The molecule has 4 nitrogen and oxygen atoms in total. The lowest BCUT2D eigenvalue weighted by Gasteiger charge is -2.12. The smallest absolute Gasteiger partial charge is 0.162 e. The molecule has 0 saturated carbocycles. The van der Waals surface area contributed by atoms with Crippen LogP contribution in [0.3, 0.4) is 0 Å². The number of rotatable bonds is 4. The van der Waals surface area contributed by atoms with E-state index in [4.69, 9.17) is 16.3 Å². The van der Waals surface area contributed by atoms with Crippen molar-refractivity contribution < 1.29 is 9.84 Å². The second-order valence-electron chi connectivity index (χ2n) is 4.09. The number of benzene rings is 1. The maximum atomic E-state index is 9.98. The van der Waals surface area contributed by atoms with Crippen LogP contribution in [0.15, 0.2) is 30.3 Å². The molecule has 0 atom stereocenters. The first kappa shape index (κ1) is 13.5. The molecule has 1 heterocycles. The van der Waals surface area contributed by atoms with Crippen LogP contribution in [0, 0.1) is 6.92 Å². The summed E-state index contributed by atoms with van der Waals surface area (Å²) in [6.45, 7) is 2.35.